The Bertz CT molecular complexity index is 1100. The first-order valence-electron chi connectivity index (χ1n) is 9.67. The lowest BCUT2D eigenvalue weighted by molar-refractivity contribution is 0.468. The van der Waals surface area contributed by atoms with E-state index in [1.165, 1.54) is 18.5 Å². The van der Waals surface area contributed by atoms with Crippen molar-refractivity contribution in [2.45, 2.75) is 43.4 Å². The summed E-state index contributed by atoms with van der Waals surface area (Å²) in [5.74, 6) is -0.399. The van der Waals surface area contributed by atoms with Crippen LogP contribution in [0.5, 0.6) is 0 Å². The van der Waals surface area contributed by atoms with Gasteiger partial charge in [-0.1, -0.05) is 18.2 Å². The van der Waals surface area contributed by atoms with E-state index in [9.17, 15) is 12.8 Å². The average Bonchev–Trinajstić information content (AvgIpc) is 3.09. The van der Waals surface area contributed by atoms with Gasteiger partial charge in [-0.3, -0.25) is 0 Å². The van der Waals surface area contributed by atoms with Gasteiger partial charge in [-0.25, -0.2) is 21.8 Å². The number of fused-ring (bicyclic) bond motifs is 1. The summed E-state index contributed by atoms with van der Waals surface area (Å²) < 4.78 is 41.7. The number of aromatic nitrogens is 2. The fourth-order valence-electron chi connectivity index (χ4n) is 4.00. The second kappa shape index (κ2) is 7.64. The van der Waals surface area contributed by atoms with Crippen LogP contribution >= 0.6 is 0 Å². The molecule has 1 fully saturated rings. The summed E-state index contributed by atoms with van der Waals surface area (Å²) >= 11 is 0. The first kappa shape index (κ1) is 19.1. The van der Waals surface area contributed by atoms with E-state index in [0.717, 1.165) is 48.3 Å². The normalized spacial score (nSPS) is 16.8. The summed E-state index contributed by atoms with van der Waals surface area (Å²) in [6, 6.07) is 9.76. The molecular formula is C21H24FN3O2S. The molecule has 0 aliphatic carbocycles. The fraction of sp³-hybridized carbons (Fsp3) is 0.381. The molecule has 1 saturated heterocycles. The second-order valence-corrected chi connectivity index (χ2v) is 9.21. The van der Waals surface area contributed by atoms with Gasteiger partial charge in [0.15, 0.2) is 0 Å². The van der Waals surface area contributed by atoms with E-state index in [1.807, 2.05) is 12.1 Å². The van der Waals surface area contributed by atoms with E-state index >= 15 is 0 Å². The number of para-hydroxylation sites is 1. The SMILES string of the molecule is Cc1ccc(F)c(S(=O)(=O)n2cnc3c(C4CCCNCCC4)cccc32)c1. The lowest BCUT2D eigenvalue weighted by Gasteiger charge is -2.21. The Morgan fingerprint density at radius 2 is 1.89 bits per heavy atom. The molecule has 0 bridgehead atoms. The van der Waals surface area contributed by atoms with Crippen LogP contribution in [0.3, 0.4) is 0 Å². The predicted molar refractivity (Wildman–Crippen MR) is 108 cm³/mol. The third-order valence-electron chi connectivity index (χ3n) is 5.45. The van der Waals surface area contributed by atoms with E-state index < -0.39 is 15.8 Å². The van der Waals surface area contributed by atoms with Crippen LogP contribution in [0.4, 0.5) is 4.39 Å². The van der Waals surface area contributed by atoms with E-state index in [4.69, 9.17) is 0 Å². The van der Waals surface area contributed by atoms with Gasteiger partial charge in [0.1, 0.15) is 17.0 Å². The van der Waals surface area contributed by atoms with E-state index in [0.29, 0.717) is 22.5 Å². The van der Waals surface area contributed by atoms with Crippen molar-refractivity contribution in [2.24, 2.45) is 0 Å². The van der Waals surface area contributed by atoms with Crippen LogP contribution in [-0.4, -0.2) is 30.5 Å². The molecule has 148 valence electrons. The van der Waals surface area contributed by atoms with Crippen molar-refractivity contribution < 1.29 is 12.8 Å². The van der Waals surface area contributed by atoms with Gasteiger partial charge in [0, 0.05) is 0 Å². The van der Waals surface area contributed by atoms with Crippen LogP contribution < -0.4 is 5.32 Å². The summed E-state index contributed by atoms with van der Waals surface area (Å²) in [5, 5.41) is 3.41. The molecule has 1 aromatic heterocycles. The molecule has 0 unspecified atom stereocenters. The fourth-order valence-corrected chi connectivity index (χ4v) is 5.44. The number of hydrogen-bond donors (Lipinski definition) is 1. The summed E-state index contributed by atoms with van der Waals surface area (Å²) in [6.07, 6.45) is 5.54. The zero-order valence-electron chi connectivity index (χ0n) is 15.9. The number of rotatable bonds is 3. The molecule has 0 saturated carbocycles. The zero-order chi connectivity index (χ0) is 19.7. The van der Waals surface area contributed by atoms with Crippen molar-refractivity contribution in [3.63, 3.8) is 0 Å². The number of imidazole rings is 1. The lowest BCUT2D eigenvalue weighted by atomic mass is 9.88. The van der Waals surface area contributed by atoms with Crippen LogP contribution in [0.25, 0.3) is 11.0 Å². The third-order valence-corrected chi connectivity index (χ3v) is 7.13. The number of aryl methyl sites for hydroxylation is 1. The lowest BCUT2D eigenvalue weighted by Crippen LogP contribution is -2.21. The molecule has 1 N–H and O–H groups in total. The minimum absolute atomic E-state index is 0.325. The molecule has 0 amide bonds. The van der Waals surface area contributed by atoms with E-state index in [2.05, 4.69) is 10.3 Å². The summed E-state index contributed by atoms with van der Waals surface area (Å²) in [7, 11) is -4.07. The smallest absolute Gasteiger partial charge is 0.272 e. The van der Waals surface area contributed by atoms with Gasteiger partial charge in [0.05, 0.1) is 11.0 Å². The molecule has 0 spiro atoms. The Morgan fingerprint density at radius 1 is 1.14 bits per heavy atom. The first-order chi connectivity index (χ1) is 13.5. The maximum Gasteiger partial charge on any atom is 0.272 e. The zero-order valence-corrected chi connectivity index (χ0v) is 16.7. The van der Waals surface area contributed by atoms with Crippen LogP contribution in [0, 0.1) is 12.7 Å². The van der Waals surface area contributed by atoms with Crippen LogP contribution in [0.15, 0.2) is 47.6 Å². The topological polar surface area (TPSA) is 64.0 Å². The summed E-state index contributed by atoms with van der Waals surface area (Å²) in [5.41, 5.74) is 2.96. The van der Waals surface area contributed by atoms with Crippen molar-refractivity contribution in [3.8, 4) is 0 Å². The molecule has 2 aromatic carbocycles. The van der Waals surface area contributed by atoms with Crippen molar-refractivity contribution in [3.05, 3.63) is 59.7 Å². The van der Waals surface area contributed by atoms with Crippen molar-refractivity contribution in [1.82, 2.24) is 14.3 Å². The number of benzene rings is 2. The molecule has 0 atom stereocenters. The molecule has 7 heteroatoms. The maximum absolute atomic E-state index is 14.3. The molecule has 1 aliphatic rings. The highest BCUT2D eigenvalue weighted by atomic mass is 32.2. The molecule has 0 radical (unpaired) electrons. The second-order valence-electron chi connectivity index (χ2n) is 7.43. The van der Waals surface area contributed by atoms with Crippen LogP contribution in [0.2, 0.25) is 0 Å². The molecule has 4 rings (SSSR count). The van der Waals surface area contributed by atoms with Gasteiger partial charge >= 0.3 is 0 Å². The minimum Gasteiger partial charge on any atom is -0.317 e. The first-order valence-corrected chi connectivity index (χ1v) is 11.1. The van der Waals surface area contributed by atoms with Gasteiger partial charge in [-0.15, -0.1) is 0 Å². The maximum atomic E-state index is 14.3. The Hall–Kier alpha value is -2.25. The Balaban J connectivity index is 1.81. The van der Waals surface area contributed by atoms with Gasteiger partial charge < -0.3 is 5.32 Å². The third kappa shape index (κ3) is 3.44. The molecule has 28 heavy (non-hydrogen) atoms. The van der Waals surface area contributed by atoms with Crippen molar-refractivity contribution >= 4 is 21.1 Å². The number of hydrogen-bond acceptors (Lipinski definition) is 4. The standard InChI is InChI=1S/C21H24FN3O2S/c1-15-9-10-18(22)20(13-15)28(26,27)25-14-24-21-17(7-2-8-19(21)25)16-5-3-11-23-12-4-6-16/h2,7-10,13-14,16,23H,3-6,11-12H2,1H3. The predicted octanol–water partition coefficient (Wildman–Crippen LogP) is 3.97. The summed E-state index contributed by atoms with van der Waals surface area (Å²) in [4.78, 5) is 4.11. The van der Waals surface area contributed by atoms with Crippen molar-refractivity contribution in [2.75, 3.05) is 13.1 Å². The summed E-state index contributed by atoms with van der Waals surface area (Å²) in [6.45, 7) is 3.75. The quantitative estimate of drug-likeness (QED) is 0.721. The molecule has 1 aliphatic heterocycles. The van der Waals surface area contributed by atoms with Crippen LogP contribution in [-0.2, 0) is 10.0 Å². The number of nitrogens with one attached hydrogen (secondary N) is 1. The highest BCUT2D eigenvalue weighted by Gasteiger charge is 2.25. The van der Waals surface area contributed by atoms with Gasteiger partial charge in [0.2, 0.25) is 0 Å². The number of halogens is 1. The molecular weight excluding hydrogens is 377 g/mol. The van der Waals surface area contributed by atoms with Gasteiger partial charge in [-0.2, -0.15) is 0 Å². The Kier molecular flexibility index (Phi) is 5.21. The van der Waals surface area contributed by atoms with Crippen molar-refractivity contribution in [1.29, 1.82) is 0 Å². The van der Waals surface area contributed by atoms with Gasteiger partial charge in [0.25, 0.3) is 10.0 Å². The average molecular weight is 402 g/mol. The van der Waals surface area contributed by atoms with E-state index in [-0.39, 0.29) is 4.90 Å². The minimum atomic E-state index is -4.07. The largest absolute Gasteiger partial charge is 0.317 e. The van der Waals surface area contributed by atoms with E-state index in [1.54, 1.807) is 19.1 Å². The monoisotopic (exact) mass is 401 g/mol. The molecule has 2 heterocycles. The van der Waals surface area contributed by atoms with Crippen LogP contribution in [0.1, 0.15) is 42.7 Å². The highest BCUT2D eigenvalue weighted by Crippen LogP contribution is 2.33. The molecule has 3 aromatic rings. The Labute approximate surface area is 164 Å². The Morgan fingerprint density at radius 3 is 2.64 bits per heavy atom. The molecule has 5 nitrogen and oxygen atoms in total. The van der Waals surface area contributed by atoms with Gasteiger partial charge in [-0.05, 0) is 80.9 Å². The number of nitrogens with zero attached hydrogens (tertiary/aromatic N) is 2. The highest BCUT2D eigenvalue weighted by molar-refractivity contribution is 7.90.